The van der Waals surface area contributed by atoms with E-state index in [2.05, 4.69) is 12.2 Å². The molecule has 14 heavy (non-hydrogen) atoms. The molecular weight excluding hydrogens is 174 g/mol. The van der Waals surface area contributed by atoms with Gasteiger partial charge in [0.05, 0.1) is 0 Å². The number of amides is 1. The van der Waals surface area contributed by atoms with Gasteiger partial charge < -0.3 is 4.90 Å². The van der Waals surface area contributed by atoms with Gasteiger partial charge in [-0.2, -0.15) is 0 Å². The number of carbonyl (C=O) groups is 1. The lowest BCUT2D eigenvalue weighted by atomic mass is 9.92. The average Bonchev–Trinajstić information content (AvgIpc) is 2.21. The van der Waals surface area contributed by atoms with E-state index in [1.165, 1.54) is 19.3 Å². The van der Waals surface area contributed by atoms with Crippen molar-refractivity contribution in [1.29, 1.82) is 0 Å². The van der Waals surface area contributed by atoms with E-state index in [0.29, 0.717) is 18.2 Å². The van der Waals surface area contributed by atoms with Gasteiger partial charge in [-0.25, -0.2) is 0 Å². The van der Waals surface area contributed by atoms with E-state index in [1.54, 1.807) is 0 Å². The fourth-order valence-electron chi connectivity index (χ4n) is 1.98. The molecule has 80 valence electrons. The Labute approximate surface area is 87.0 Å². The first-order valence-corrected chi connectivity index (χ1v) is 5.72. The number of carbonyl (C=O) groups excluding carboxylic acids is 1. The van der Waals surface area contributed by atoms with Crippen molar-refractivity contribution in [2.75, 3.05) is 13.1 Å². The summed E-state index contributed by atoms with van der Waals surface area (Å²) in [5.41, 5.74) is 0. The Morgan fingerprint density at radius 3 is 2.64 bits per heavy atom. The molecule has 1 atom stereocenters. The SMILES string of the molecule is CCN(CC)C(=O)CC1C=CCCC1. The zero-order chi connectivity index (χ0) is 10.4. The lowest BCUT2D eigenvalue weighted by molar-refractivity contribution is -0.131. The van der Waals surface area contributed by atoms with E-state index >= 15 is 0 Å². The molecular formula is C12H21NO. The molecule has 2 heteroatoms. The van der Waals surface area contributed by atoms with E-state index in [-0.39, 0.29) is 0 Å². The van der Waals surface area contributed by atoms with Crippen LogP contribution in [0.4, 0.5) is 0 Å². The van der Waals surface area contributed by atoms with Gasteiger partial charge in [0.1, 0.15) is 0 Å². The second kappa shape index (κ2) is 5.84. The van der Waals surface area contributed by atoms with Crippen molar-refractivity contribution in [2.24, 2.45) is 5.92 Å². The molecule has 0 aromatic carbocycles. The molecule has 0 aromatic rings. The summed E-state index contributed by atoms with van der Waals surface area (Å²) in [7, 11) is 0. The predicted octanol–water partition coefficient (Wildman–Crippen LogP) is 2.60. The normalized spacial score (nSPS) is 20.9. The van der Waals surface area contributed by atoms with Gasteiger partial charge in [0.25, 0.3) is 0 Å². The Kier molecular flexibility index (Phi) is 4.71. The minimum Gasteiger partial charge on any atom is -0.343 e. The Bertz CT molecular complexity index is 206. The van der Waals surface area contributed by atoms with Gasteiger partial charge in [-0.1, -0.05) is 12.2 Å². The van der Waals surface area contributed by atoms with Crippen molar-refractivity contribution in [3.05, 3.63) is 12.2 Å². The smallest absolute Gasteiger partial charge is 0.223 e. The maximum atomic E-state index is 11.8. The minimum atomic E-state index is 0.312. The summed E-state index contributed by atoms with van der Waals surface area (Å²) in [6.45, 7) is 5.76. The summed E-state index contributed by atoms with van der Waals surface area (Å²) in [5, 5.41) is 0. The van der Waals surface area contributed by atoms with Crippen LogP contribution in [-0.2, 0) is 4.79 Å². The second-order valence-corrected chi connectivity index (χ2v) is 3.89. The molecule has 0 aliphatic heterocycles. The second-order valence-electron chi connectivity index (χ2n) is 3.89. The summed E-state index contributed by atoms with van der Waals surface area (Å²) in [4.78, 5) is 13.7. The summed E-state index contributed by atoms with van der Waals surface area (Å²) in [5.74, 6) is 0.809. The van der Waals surface area contributed by atoms with Gasteiger partial charge in [-0.3, -0.25) is 4.79 Å². The zero-order valence-electron chi connectivity index (χ0n) is 9.33. The Morgan fingerprint density at radius 2 is 2.14 bits per heavy atom. The third kappa shape index (κ3) is 3.17. The summed E-state index contributed by atoms with van der Waals surface area (Å²) >= 11 is 0. The first-order valence-electron chi connectivity index (χ1n) is 5.72. The first-order chi connectivity index (χ1) is 6.77. The number of nitrogens with zero attached hydrogens (tertiary/aromatic N) is 1. The molecule has 0 saturated heterocycles. The number of allylic oxidation sites excluding steroid dienone is 2. The van der Waals surface area contributed by atoms with E-state index in [9.17, 15) is 4.79 Å². The minimum absolute atomic E-state index is 0.312. The maximum Gasteiger partial charge on any atom is 0.223 e. The van der Waals surface area contributed by atoms with E-state index in [1.807, 2.05) is 18.7 Å². The largest absolute Gasteiger partial charge is 0.343 e. The van der Waals surface area contributed by atoms with Gasteiger partial charge in [-0.05, 0) is 39.0 Å². The lowest BCUT2D eigenvalue weighted by Gasteiger charge is -2.22. The van der Waals surface area contributed by atoms with Gasteiger partial charge in [-0.15, -0.1) is 0 Å². The van der Waals surface area contributed by atoms with Crippen LogP contribution < -0.4 is 0 Å². The Hall–Kier alpha value is -0.790. The van der Waals surface area contributed by atoms with Crippen LogP contribution in [0.25, 0.3) is 0 Å². The molecule has 0 saturated carbocycles. The molecule has 1 amide bonds. The highest BCUT2D eigenvalue weighted by atomic mass is 16.2. The van der Waals surface area contributed by atoms with Crippen LogP contribution in [0.1, 0.15) is 39.5 Å². The molecule has 0 fully saturated rings. The molecule has 0 spiro atoms. The topological polar surface area (TPSA) is 20.3 Å². The van der Waals surface area contributed by atoms with Crippen LogP contribution in [0.15, 0.2) is 12.2 Å². The van der Waals surface area contributed by atoms with Crippen molar-refractivity contribution in [2.45, 2.75) is 39.5 Å². The molecule has 1 aliphatic carbocycles. The van der Waals surface area contributed by atoms with Gasteiger partial charge in [0.15, 0.2) is 0 Å². The van der Waals surface area contributed by atoms with Crippen LogP contribution in [0.5, 0.6) is 0 Å². The molecule has 0 heterocycles. The van der Waals surface area contributed by atoms with Crippen molar-refractivity contribution < 1.29 is 4.79 Å². The fraction of sp³-hybridized carbons (Fsp3) is 0.750. The first kappa shape index (κ1) is 11.3. The quantitative estimate of drug-likeness (QED) is 0.631. The van der Waals surface area contributed by atoms with E-state index in [4.69, 9.17) is 0 Å². The number of hydrogen-bond donors (Lipinski definition) is 0. The van der Waals surface area contributed by atoms with Crippen LogP contribution >= 0.6 is 0 Å². The maximum absolute atomic E-state index is 11.8. The fourth-order valence-corrected chi connectivity index (χ4v) is 1.98. The highest BCUT2D eigenvalue weighted by Crippen LogP contribution is 2.20. The molecule has 2 nitrogen and oxygen atoms in total. The molecule has 0 radical (unpaired) electrons. The summed E-state index contributed by atoms with van der Waals surface area (Å²) in [6, 6.07) is 0. The Balaban J connectivity index is 2.38. The average molecular weight is 195 g/mol. The summed E-state index contributed by atoms with van der Waals surface area (Å²) < 4.78 is 0. The van der Waals surface area contributed by atoms with Gasteiger partial charge in [0, 0.05) is 19.5 Å². The molecule has 1 aliphatic rings. The predicted molar refractivity (Wildman–Crippen MR) is 59.0 cm³/mol. The van der Waals surface area contributed by atoms with Gasteiger partial charge >= 0.3 is 0 Å². The van der Waals surface area contributed by atoms with Crippen molar-refractivity contribution >= 4 is 5.91 Å². The third-order valence-electron chi connectivity index (χ3n) is 2.91. The van der Waals surface area contributed by atoms with Crippen LogP contribution in [-0.4, -0.2) is 23.9 Å². The lowest BCUT2D eigenvalue weighted by Crippen LogP contribution is -2.31. The third-order valence-corrected chi connectivity index (χ3v) is 2.91. The molecule has 0 aromatic heterocycles. The molecule has 1 rings (SSSR count). The van der Waals surface area contributed by atoms with E-state index in [0.717, 1.165) is 13.1 Å². The highest BCUT2D eigenvalue weighted by Gasteiger charge is 2.16. The van der Waals surface area contributed by atoms with Gasteiger partial charge in [0.2, 0.25) is 5.91 Å². The van der Waals surface area contributed by atoms with E-state index < -0.39 is 0 Å². The van der Waals surface area contributed by atoms with Crippen molar-refractivity contribution in [1.82, 2.24) is 4.90 Å². The van der Waals surface area contributed by atoms with Crippen LogP contribution in [0, 0.1) is 5.92 Å². The van der Waals surface area contributed by atoms with Crippen molar-refractivity contribution in [3.63, 3.8) is 0 Å². The molecule has 0 bridgehead atoms. The standard InChI is InChI=1S/C12H21NO/c1-3-13(4-2)12(14)10-11-8-6-5-7-9-11/h6,8,11H,3-5,7,9-10H2,1-2H3. The van der Waals surface area contributed by atoms with Crippen LogP contribution in [0.3, 0.4) is 0 Å². The number of rotatable bonds is 4. The Morgan fingerprint density at radius 1 is 1.43 bits per heavy atom. The van der Waals surface area contributed by atoms with Crippen molar-refractivity contribution in [3.8, 4) is 0 Å². The summed E-state index contributed by atoms with van der Waals surface area (Å²) in [6.07, 6.45) is 8.75. The highest BCUT2D eigenvalue weighted by molar-refractivity contribution is 5.76. The van der Waals surface area contributed by atoms with Crippen LogP contribution in [0.2, 0.25) is 0 Å². The monoisotopic (exact) mass is 195 g/mol. The molecule has 1 unspecified atom stereocenters. The zero-order valence-corrected chi connectivity index (χ0v) is 9.33. The molecule has 0 N–H and O–H groups in total. The number of hydrogen-bond acceptors (Lipinski definition) is 1.